The first-order chi connectivity index (χ1) is 6.13. The van der Waals surface area contributed by atoms with Crippen LogP contribution < -0.4 is 0 Å². The second-order valence-electron chi connectivity index (χ2n) is 4.38. The van der Waals surface area contributed by atoms with Gasteiger partial charge in [0, 0.05) is 0 Å². The molecule has 0 fully saturated rings. The number of rotatable bonds is 6. The summed E-state index contributed by atoms with van der Waals surface area (Å²) in [6, 6.07) is 0. The molecule has 13 heavy (non-hydrogen) atoms. The zero-order valence-electron chi connectivity index (χ0n) is 10.1. The Bertz CT molecular complexity index is 142. The van der Waals surface area contributed by atoms with E-state index >= 15 is 0 Å². The van der Waals surface area contributed by atoms with Crippen molar-refractivity contribution in [3.05, 3.63) is 11.6 Å². The Morgan fingerprint density at radius 2 is 1.77 bits per heavy atom. The Balaban J connectivity index is 4.18. The van der Waals surface area contributed by atoms with Gasteiger partial charge in [0.25, 0.3) is 0 Å². The third-order valence-corrected chi connectivity index (χ3v) is 2.74. The molecule has 0 aliphatic carbocycles. The van der Waals surface area contributed by atoms with Crippen LogP contribution in [0.2, 0.25) is 0 Å². The molecule has 0 aromatic heterocycles. The van der Waals surface area contributed by atoms with E-state index in [1.807, 2.05) is 0 Å². The Morgan fingerprint density at radius 3 is 2.15 bits per heavy atom. The predicted molar refractivity (Wildman–Crippen MR) is 61.9 cm³/mol. The predicted octanol–water partition coefficient (Wildman–Crippen LogP) is 4.81. The van der Waals surface area contributed by atoms with Crippen molar-refractivity contribution in [3.8, 4) is 0 Å². The van der Waals surface area contributed by atoms with Crippen molar-refractivity contribution in [1.29, 1.82) is 0 Å². The van der Waals surface area contributed by atoms with Crippen LogP contribution in [0.15, 0.2) is 11.6 Å². The Kier molecular flexibility index (Phi) is 7.03. The molecule has 1 unspecified atom stereocenters. The van der Waals surface area contributed by atoms with E-state index in [-0.39, 0.29) is 0 Å². The molecule has 0 aliphatic heterocycles. The van der Waals surface area contributed by atoms with E-state index in [1.54, 1.807) is 5.57 Å². The lowest BCUT2D eigenvalue weighted by Gasteiger charge is -2.21. The monoisotopic (exact) mass is 182 g/mol. The average molecular weight is 182 g/mol. The molecule has 0 saturated heterocycles. The third-order valence-electron chi connectivity index (χ3n) is 2.74. The van der Waals surface area contributed by atoms with Crippen LogP contribution >= 0.6 is 0 Å². The van der Waals surface area contributed by atoms with Crippen LogP contribution in [0.5, 0.6) is 0 Å². The van der Waals surface area contributed by atoms with Crippen LogP contribution in [-0.2, 0) is 0 Å². The van der Waals surface area contributed by atoms with Gasteiger partial charge in [-0.3, -0.25) is 0 Å². The molecule has 0 amide bonds. The van der Waals surface area contributed by atoms with Crippen LogP contribution in [0.25, 0.3) is 0 Å². The van der Waals surface area contributed by atoms with Gasteiger partial charge in [-0.1, -0.05) is 52.2 Å². The van der Waals surface area contributed by atoms with E-state index in [4.69, 9.17) is 0 Å². The van der Waals surface area contributed by atoms with Gasteiger partial charge < -0.3 is 0 Å². The van der Waals surface area contributed by atoms with E-state index in [0.29, 0.717) is 0 Å². The number of hydrogen-bond acceptors (Lipinski definition) is 0. The minimum Gasteiger partial charge on any atom is -0.0853 e. The minimum atomic E-state index is 0.799. The van der Waals surface area contributed by atoms with Crippen LogP contribution in [0, 0.1) is 11.8 Å². The molecule has 0 nitrogen and oxygen atoms in total. The van der Waals surface area contributed by atoms with Crippen molar-refractivity contribution in [3.63, 3.8) is 0 Å². The fourth-order valence-corrected chi connectivity index (χ4v) is 1.92. The maximum atomic E-state index is 2.43. The maximum absolute atomic E-state index is 2.43. The van der Waals surface area contributed by atoms with Gasteiger partial charge in [0.2, 0.25) is 0 Å². The summed E-state index contributed by atoms with van der Waals surface area (Å²) in [7, 11) is 0. The van der Waals surface area contributed by atoms with Crippen LogP contribution in [0.3, 0.4) is 0 Å². The maximum Gasteiger partial charge on any atom is -0.0183 e. The van der Waals surface area contributed by atoms with Crippen molar-refractivity contribution >= 4 is 0 Å². The molecule has 0 heteroatoms. The normalized spacial score (nSPS) is 15.1. The number of hydrogen-bond donors (Lipinski definition) is 0. The summed E-state index contributed by atoms with van der Waals surface area (Å²) in [5.41, 5.74) is 1.61. The standard InChI is InChI=1S/C13H26/c1-6-8-10-12(5)13(9-7-2)11(3)4/h10-11,13H,6-9H2,1-5H3/b12-10+. The smallest absolute Gasteiger partial charge is 0.0183 e. The van der Waals surface area contributed by atoms with Crippen LogP contribution in [0.1, 0.15) is 60.3 Å². The van der Waals surface area contributed by atoms with Crippen LogP contribution in [-0.4, -0.2) is 0 Å². The Hall–Kier alpha value is -0.260. The molecule has 0 aromatic rings. The summed E-state index contributed by atoms with van der Waals surface area (Å²) in [5.74, 6) is 1.62. The lowest BCUT2D eigenvalue weighted by molar-refractivity contribution is 0.409. The van der Waals surface area contributed by atoms with E-state index in [9.17, 15) is 0 Å². The molecule has 0 spiro atoms. The second-order valence-corrected chi connectivity index (χ2v) is 4.38. The molecule has 0 heterocycles. The second kappa shape index (κ2) is 7.17. The topological polar surface area (TPSA) is 0 Å². The summed E-state index contributed by atoms with van der Waals surface area (Å²) in [6.07, 6.45) is 7.61. The summed E-state index contributed by atoms with van der Waals surface area (Å²) < 4.78 is 0. The largest absolute Gasteiger partial charge is 0.0853 e. The summed E-state index contributed by atoms with van der Waals surface area (Å²) in [4.78, 5) is 0. The Morgan fingerprint density at radius 1 is 1.15 bits per heavy atom. The van der Waals surface area contributed by atoms with Crippen LogP contribution in [0.4, 0.5) is 0 Å². The summed E-state index contributed by atoms with van der Waals surface area (Å²) in [5, 5.41) is 0. The molecule has 1 atom stereocenters. The van der Waals surface area contributed by atoms with Crippen molar-refractivity contribution in [1.82, 2.24) is 0 Å². The van der Waals surface area contributed by atoms with Gasteiger partial charge in [-0.25, -0.2) is 0 Å². The van der Waals surface area contributed by atoms with E-state index in [2.05, 4.69) is 40.7 Å². The number of allylic oxidation sites excluding steroid dienone is 2. The first-order valence-electron chi connectivity index (χ1n) is 5.80. The quantitative estimate of drug-likeness (QED) is 0.517. The molecule has 78 valence electrons. The first-order valence-corrected chi connectivity index (χ1v) is 5.80. The van der Waals surface area contributed by atoms with Crippen molar-refractivity contribution < 1.29 is 0 Å². The highest BCUT2D eigenvalue weighted by atomic mass is 14.2. The highest BCUT2D eigenvalue weighted by Crippen LogP contribution is 2.25. The summed E-state index contributed by atoms with van der Waals surface area (Å²) in [6.45, 7) is 11.5. The van der Waals surface area contributed by atoms with Gasteiger partial charge in [0.15, 0.2) is 0 Å². The van der Waals surface area contributed by atoms with Gasteiger partial charge in [0.05, 0.1) is 0 Å². The van der Waals surface area contributed by atoms with Gasteiger partial charge in [-0.2, -0.15) is 0 Å². The van der Waals surface area contributed by atoms with Crippen molar-refractivity contribution in [2.24, 2.45) is 11.8 Å². The lowest BCUT2D eigenvalue weighted by atomic mass is 9.85. The van der Waals surface area contributed by atoms with E-state index in [1.165, 1.54) is 25.7 Å². The molecule has 0 saturated carbocycles. The van der Waals surface area contributed by atoms with E-state index < -0.39 is 0 Å². The van der Waals surface area contributed by atoms with Gasteiger partial charge in [0.1, 0.15) is 0 Å². The lowest BCUT2D eigenvalue weighted by Crippen LogP contribution is -2.09. The molecule has 0 bridgehead atoms. The fourth-order valence-electron chi connectivity index (χ4n) is 1.92. The molecule has 0 aromatic carbocycles. The zero-order valence-corrected chi connectivity index (χ0v) is 10.1. The molecular weight excluding hydrogens is 156 g/mol. The zero-order chi connectivity index (χ0) is 10.3. The van der Waals surface area contributed by atoms with Gasteiger partial charge >= 0.3 is 0 Å². The fraction of sp³-hybridized carbons (Fsp3) is 0.846. The molecule has 0 aliphatic rings. The van der Waals surface area contributed by atoms with E-state index in [0.717, 1.165) is 11.8 Å². The minimum absolute atomic E-state index is 0.799. The first kappa shape index (κ1) is 12.7. The molecule has 0 rings (SSSR count). The highest BCUT2D eigenvalue weighted by molar-refractivity contribution is 5.04. The number of unbranched alkanes of at least 4 members (excludes halogenated alkanes) is 1. The highest BCUT2D eigenvalue weighted by Gasteiger charge is 2.13. The van der Waals surface area contributed by atoms with Gasteiger partial charge in [-0.05, 0) is 31.6 Å². The van der Waals surface area contributed by atoms with Gasteiger partial charge in [-0.15, -0.1) is 0 Å². The molecule has 0 N–H and O–H groups in total. The average Bonchev–Trinajstić information content (AvgIpc) is 2.09. The molecular formula is C13H26. The Labute approximate surface area is 84.4 Å². The van der Waals surface area contributed by atoms with Crippen molar-refractivity contribution in [2.75, 3.05) is 0 Å². The third kappa shape index (κ3) is 5.13. The summed E-state index contributed by atoms with van der Waals surface area (Å²) >= 11 is 0. The van der Waals surface area contributed by atoms with Crippen molar-refractivity contribution in [2.45, 2.75) is 60.3 Å². The molecule has 0 radical (unpaired) electrons. The SMILES string of the molecule is CCC/C=C(\C)C(CCC)C(C)C.